The molecule has 0 aromatic rings. The number of hydrogen-bond acceptors (Lipinski definition) is 2. The molecule has 0 aromatic carbocycles. The highest BCUT2D eigenvalue weighted by molar-refractivity contribution is 5.93. The minimum Gasteiger partial charge on any atom is -0.297 e. The fourth-order valence-corrected chi connectivity index (χ4v) is 2.04. The van der Waals surface area contributed by atoms with Gasteiger partial charge in [0, 0.05) is 13.3 Å². The van der Waals surface area contributed by atoms with Crippen LogP contribution in [0, 0.1) is 11.8 Å². The minimum atomic E-state index is -0.251. The smallest absolute Gasteiger partial charge is 0.226 e. The lowest BCUT2D eigenvalue weighted by Crippen LogP contribution is -2.30. The molecule has 0 radical (unpaired) electrons. The second-order valence-electron chi connectivity index (χ2n) is 4.43. The molecule has 2 amide bonds. The lowest BCUT2D eigenvalue weighted by Gasteiger charge is -2.25. The Morgan fingerprint density at radius 2 is 1.79 bits per heavy atom. The van der Waals surface area contributed by atoms with Crippen molar-refractivity contribution in [2.45, 2.75) is 46.0 Å². The summed E-state index contributed by atoms with van der Waals surface area (Å²) in [5.41, 5.74) is 0. The van der Waals surface area contributed by atoms with Gasteiger partial charge < -0.3 is 0 Å². The van der Waals surface area contributed by atoms with E-state index >= 15 is 0 Å². The van der Waals surface area contributed by atoms with Crippen LogP contribution in [0.4, 0.5) is 0 Å². The quantitative estimate of drug-likeness (QED) is 0.734. The first-order chi connectivity index (χ1) is 6.58. The Hall–Kier alpha value is -0.860. The van der Waals surface area contributed by atoms with Crippen LogP contribution < -0.4 is 5.32 Å². The van der Waals surface area contributed by atoms with Crippen LogP contribution in [-0.2, 0) is 9.59 Å². The summed E-state index contributed by atoms with van der Waals surface area (Å²) in [5.74, 6) is 0.934. The van der Waals surface area contributed by atoms with Gasteiger partial charge in [-0.15, -0.1) is 0 Å². The third kappa shape index (κ3) is 3.90. The highest BCUT2D eigenvalue weighted by atomic mass is 16.2. The van der Waals surface area contributed by atoms with Crippen LogP contribution in [0.2, 0.25) is 0 Å². The van der Waals surface area contributed by atoms with Crippen molar-refractivity contribution in [3.8, 4) is 0 Å². The monoisotopic (exact) mass is 197 g/mol. The molecule has 1 aliphatic carbocycles. The van der Waals surface area contributed by atoms with E-state index in [9.17, 15) is 9.59 Å². The maximum absolute atomic E-state index is 11.3. The molecule has 0 heterocycles. The number of carbonyl (C=O) groups excluding carboxylic acids is 2. The van der Waals surface area contributed by atoms with Crippen molar-refractivity contribution in [3.63, 3.8) is 0 Å². The average Bonchev–Trinajstić information content (AvgIpc) is 2.07. The van der Waals surface area contributed by atoms with Crippen molar-refractivity contribution in [3.05, 3.63) is 0 Å². The Morgan fingerprint density at radius 1 is 1.21 bits per heavy atom. The third-order valence-electron chi connectivity index (χ3n) is 2.92. The fraction of sp³-hybridized carbons (Fsp3) is 0.818. The van der Waals surface area contributed by atoms with E-state index in [1.807, 2.05) is 0 Å². The molecule has 0 aromatic heterocycles. The molecule has 0 spiro atoms. The van der Waals surface area contributed by atoms with Crippen LogP contribution in [0.25, 0.3) is 0 Å². The zero-order valence-electron chi connectivity index (χ0n) is 9.01. The molecule has 0 saturated heterocycles. The summed E-state index contributed by atoms with van der Waals surface area (Å²) in [6.07, 6.45) is 5.22. The zero-order valence-corrected chi connectivity index (χ0v) is 9.01. The molecule has 1 saturated carbocycles. The van der Waals surface area contributed by atoms with Crippen LogP contribution in [0.3, 0.4) is 0 Å². The Balaban J connectivity index is 2.24. The topological polar surface area (TPSA) is 46.2 Å². The van der Waals surface area contributed by atoms with Gasteiger partial charge in [-0.05, 0) is 24.7 Å². The summed E-state index contributed by atoms with van der Waals surface area (Å²) in [7, 11) is 0. The maximum Gasteiger partial charge on any atom is 0.226 e. The van der Waals surface area contributed by atoms with Gasteiger partial charge in [0.1, 0.15) is 0 Å². The minimum absolute atomic E-state index is 0.114. The first-order valence-electron chi connectivity index (χ1n) is 5.38. The first kappa shape index (κ1) is 11.2. The van der Waals surface area contributed by atoms with Gasteiger partial charge in [0.15, 0.2) is 0 Å². The van der Waals surface area contributed by atoms with Gasteiger partial charge in [0.2, 0.25) is 11.8 Å². The predicted octanol–water partition coefficient (Wildman–Crippen LogP) is 1.87. The van der Waals surface area contributed by atoms with Crippen molar-refractivity contribution < 1.29 is 9.59 Å². The van der Waals surface area contributed by atoms with Crippen molar-refractivity contribution in [1.82, 2.24) is 5.32 Å². The Bertz CT molecular complexity index is 217. The number of imide groups is 1. The van der Waals surface area contributed by atoms with Crippen LogP contribution in [-0.4, -0.2) is 11.8 Å². The molecule has 1 aliphatic rings. The molecule has 3 nitrogen and oxygen atoms in total. The van der Waals surface area contributed by atoms with E-state index in [4.69, 9.17) is 0 Å². The van der Waals surface area contributed by atoms with E-state index < -0.39 is 0 Å². The zero-order chi connectivity index (χ0) is 10.6. The largest absolute Gasteiger partial charge is 0.297 e. The van der Waals surface area contributed by atoms with Gasteiger partial charge in [-0.2, -0.15) is 0 Å². The van der Waals surface area contributed by atoms with Crippen molar-refractivity contribution in [2.75, 3.05) is 0 Å². The molecule has 0 unspecified atom stereocenters. The molecule has 1 rings (SSSR count). The van der Waals surface area contributed by atoms with Gasteiger partial charge in [0.05, 0.1) is 0 Å². The average molecular weight is 197 g/mol. The van der Waals surface area contributed by atoms with Crippen LogP contribution in [0.5, 0.6) is 0 Å². The summed E-state index contributed by atoms with van der Waals surface area (Å²) in [4.78, 5) is 21.9. The SMILES string of the molecule is CC(=O)NC(=O)CC1CCC(C)CC1. The van der Waals surface area contributed by atoms with Gasteiger partial charge in [-0.25, -0.2) is 0 Å². The Kier molecular flexibility index (Phi) is 4.11. The van der Waals surface area contributed by atoms with E-state index in [0.29, 0.717) is 12.3 Å². The van der Waals surface area contributed by atoms with Crippen LogP contribution in [0.15, 0.2) is 0 Å². The van der Waals surface area contributed by atoms with Crippen molar-refractivity contribution in [2.24, 2.45) is 11.8 Å². The second kappa shape index (κ2) is 5.13. The number of amides is 2. The van der Waals surface area contributed by atoms with E-state index in [2.05, 4.69) is 12.2 Å². The molecule has 1 fully saturated rings. The van der Waals surface area contributed by atoms with Crippen molar-refractivity contribution >= 4 is 11.8 Å². The highest BCUT2D eigenvalue weighted by Gasteiger charge is 2.20. The Morgan fingerprint density at radius 3 is 2.29 bits per heavy atom. The first-order valence-corrected chi connectivity index (χ1v) is 5.38. The van der Waals surface area contributed by atoms with E-state index in [1.54, 1.807) is 0 Å². The molecule has 3 heteroatoms. The molecule has 0 aliphatic heterocycles. The van der Waals surface area contributed by atoms with E-state index in [0.717, 1.165) is 18.8 Å². The molecule has 0 bridgehead atoms. The van der Waals surface area contributed by atoms with Crippen LogP contribution in [0.1, 0.15) is 46.0 Å². The highest BCUT2D eigenvalue weighted by Crippen LogP contribution is 2.30. The summed E-state index contributed by atoms with van der Waals surface area (Å²) in [6.45, 7) is 3.63. The normalized spacial score (nSPS) is 27.0. The van der Waals surface area contributed by atoms with Crippen LogP contribution >= 0.6 is 0 Å². The maximum atomic E-state index is 11.3. The molecule has 80 valence electrons. The van der Waals surface area contributed by atoms with Gasteiger partial charge in [-0.1, -0.05) is 19.8 Å². The summed E-state index contributed by atoms with van der Waals surface area (Å²) in [6, 6.07) is 0. The van der Waals surface area contributed by atoms with Gasteiger partial charge in [-0.3, -0.25) is 14.9 Å². The van der Waals surface area contributed by atoms with Gasteiger partial charge in [0.25, 0.3) is 0 Å². The lowest BCUT2D eigenvalue weighted by atomic mass is 9.81. The third-order valence-corrected chi connectivity index (χ3v) is 2.92. The molecule has 0 atom stereocenters. The standard InChI is InChI=1S/C11H19NO2/c1-8-3-5-10(6-4-8)7-11(14)12-9(2)13/h8,10H,3-7H2,1-2H3,(H,12,13,14). The fourth-order valence-electron chi connectivity index (χ4n) is 2.04. The predicted molar refractivity (Wildman–Crippen MR) is 54.6 cm³/mol. The van der Waals surface area contributed by atoms with E-state index in [1.165, 1.54) is 19.8 Å². The molecular formula is C11H19NO2. The Labute approximate surface area is 85.3 Å². The summed E-state index contributed by atoms with van der Waals surface area (Å²) >= 11 is 0. The van der Waals surface area contributed by atoms with Crippen molar-refractivity contribution in [1.29, 1.82) is 0 Å². The number of rotatable bonds is 2. The summed E-state index contributed by atoms with van der Waals surface area (Å²) < 4.78 is 0. The number of nitrogens with one attached hydrogen (secondary N) is 1. The van der Waals surface area contributed by atoms with E-state index in [-0.39, 0.29) is 11.8 Å². The number of hydrogen-bond donors (Lipinski definition) is 1. The lowest BCUT2D eigenvalue weighted by molar-refractivity contribution is -0.129. The molecule has 1 N–H and O–H groups in total. The summed E-state index contributed by atoms with van der Waals surface area (Å²) in [5, 5.41) is 2.32. The number of carbonyl (C=O) groups is 2. The second-order valence-corrected chi connectivity index (χ2v) is 4.43. The molecule has 14 heavy (non-hydrogen) atoms. The van der Waals surface area contributed by atoms with Gasteiger partial charge >= 0.3 is 0 Å². The molecular weight excluding hydrogens is 178 g/mol.